The summed E-state index contributed by atoms with van der Waals surface area (Å²) in [5.74, 6) is 0. The Morgan fingerprint density at radius 1 is 1.19 bits per heavy atom. The van der Waals surface area contributed by atoms with Crippen LogP contribution < -0.4 is 16.0 Å². The van der Waals surface area contributed by atoms with Gasteiger partial charge in [-0.05, 0) is 46.1 Å². The molecule has 0 aliphatic carbocycles. The van der Waals surface area contributed by atoms with Crippen LogP contribution in [0.4, 0.5) is 4.79 Å². The molecule has 6 heteroatoms. The van der Waals surface area contributed by atoms with Crippen molar-refractivity contribution in [3.63, 3.8) is 0 Å². The molecule has 0 saturated carbocycles. The van der Waals surface area contributed by atoms with Crippen molar-refractivity contribution in [1.29, 1.82) is 0 Å². The minimum Gasteiger partial charge on any atom is -0.335 e. The third-order valence-corrected chi connectivity index (χ3v) is 5.43. The minimum absolute atomic E-state index is 0.0192. The molecule has 1 aromatic heterocycles. The number of thiazole rings is 1. The molecule has 2 heterocycles. The molecule has 2 amide bonds. The monoisotopic (exact) mass is 372 g/mol. The largest absolute Gasteiger partial charge is 0.335 e. The van der Waals surface area contributed by atoms with E-state index in [0.717, 1.165) is 29.0 Å². The molecule has 1 aliphatic heterocycles. The highest BCUT2D eigenvalue weighted by atomic mass is 32.1. The first-order chi connectivity index (χ1) is 12.2. The zero-order valence-corrected chi connectivity index (χ0v) is 16.7. The van der Waals surface area contributed by atoms with Crippen molar-refractivity contribution >= 4 is 17.4 Å². The number of aromatic nitrogens is 1. The van der Waals surface area contributed by atoms with Crippen LogP contribution in [-0.4, -0.2) is 28.1 Å². The van der Waals surface area contributed by atoms with Gasteiger partial charge in [-0.3, -0.25) is 0 Å². The lowest BCUT2D eigenvalue weighted by Crippen LogP contribution is -2.62. The lowest BCUT2D eigenvalue weighted by Gasteiger charge is -2.46. The van der Waals surface area contributed by atoms with Crippen molar-refractivity contribution < 1.29 is 4.79 Å². The van der Waals surface area contributed by atoms with E-state index in [2.05, 4.69) is 48.6 Å². The third kappa shape index (κ3) is 5.05. The number of nitrogens with one attached hydrogen (secondary N) is 3. The summed E-state index contributed by atoms with van der Waals surface area (Å²) in [7, 11) is 0. The molecule has 3 N–H and O–H groups in total. The SMILES string of the molecule is CC1(C)CC(NC(=O)NCc2ccc(-c3nccs3)cc2)CC(C)(C)N1. The maximum Gasteiger partial charge on any atom is 0.315 e. The minimum atomic E-state index is -0.104. The Hall–Kier alpha value is -1.92. The topological polar surface area (TPSA) is 66.0 Å². The molecule has 0 unspecified atom stereocenters. The molecule has 1 saturated heterocycles. The second kappa shape index (κ2) is 7.37. The molecule has 0 atom stereocenters. The van der Waals surface area contributed by atoms with Gasteiger partial charge >= 0.3 is 6.03 Å². The molecular weight excluding hydrogens is 344 g/mol. The number of carbonyl (C=O) groups excluding carboxylic acids is 1. The Morgan fingerprint density at radius 2 is 1.85 bits per heavy atom. The molecule has 0 radical (unpaired) electrons. The van der Waals surface area contributed by atoms with E-state index in [-0.39, 0.29) is 23.2 Å². The van der Waals surface area contributed by atoms with Gasteiger partial charge in [-0.1, -0.05) is 24.3 Å². The summed E-state index contributed by atoms with van der Waals surface area (Å²) in [5.41, 5.74) is 2.22. The fraction of sp³-hybridized carbons (Fsp3) is 0.500. The lowest BCUT2D eigenvalue weighted by molar-refractivity contribution is 0.147. The van der Waals surface area contributed by atoms with Crippen LogP contribution in [0.25, 0.3) is 10.6 Å². The van der Waals surface area contributed by atoms with Gasteiger partial charge in [0.25, 0.3) is 0 Å². The average molecular weight is 373 g/mol. The predicted molar refractivity (Wildman–Crippen MR) is 107 cm³/mol. The van der Waals surface area contributed by atoms with Crippen LogP contribution >= 0.6 is 11.3 Å². The number of hydrogen-bond acceptors (Lipinski definition) is 4. The normalized spacial score (nSPS) is 19.1. The van der Waals surface area contributed by atoms with Crippen LogP contribution in [-0.2, 0) is 6.54 Å². The van der Waals surface area contributed by atoms with E-state index in [1.54, 1.807) is 11.3 Å². The maximum atomic E-state index is 12.3. The van der Waals surface area contributed by atoms with E-state index in [1.807, 2.05) is 35.8 Å². The fourth-order valence-electron chi connectivity index (χ4n) is 3.97. The van der Waals surface area contributed by atoms with Crippen molar-refractivity contribution in [3.05, 3.63) is 41.4 Å². The van der Waals surface area contributed by atoms with E-state index < -0.39 is 0 Å². The van der Waals surface area contributed by atoms with Crippen molar-refractivity contribution in [2.45, 2.75) is 64.2 Å². The summed E-state index contributed by atoms with van der Waals surface area (Å²) in [6.07, 6.45) is 3.65. The zero-order valence-electron chi connectivity index (χ0n) is 15.9. The van der Waals surface area contributed by atoms with E-state index >= 15 is 0 Å². The van der Waals surface area contributed by atoms with Crippen molar-refractivity contribution in [2.24, 2.45) is 0 Å². The molecule has 1 aromatic carbocycles. The number of benzene rings is 1. The summed E-state index contributed by atoms with van der Waals surface area (Å²) >= 11 is 1.62. The second-order valence-corrected chi connectivity index (χ2v) is 9.25. The second-order valence-electron chi connectivity index (χ2n) is 8.36. The molecule has 3 rings (SSSR count). The Balaban J connectivity index is 1.51. The zero-order chi connectivity index (χ0) is 18.8. The molecular formula is C20H28N4OS. The molecule has 26 heavy (non-hydrogen) atoms. The summed E-state index contributed by atoms with van der Waals surface area (Å²) in [4.78, 5) is 16.6. The summed E-state index contributed by atoms with van der Waals surface area (Å²) in [6, 6.07) is 8.24. The number of carbonyl (C=O) groups is 1. The molecule has 0 spiro atoms. The number of rotatable bonds is 4. The predicted octanol–water partition coefficient (Wildman–Crippen LogP) is 3.92. The van der Waals surface area contributed by atoms with Crippen molar-refractivity contribution in [3.8, 4) is 10.6 Å². The van der Waals surface area contributed by atoms with Gasteiger partial charge in [0.1, 0.15) is 5.01 Å². The summed E-state index contributed by atoms with van der Waals surface area (Å²) in [5, 5.41) is 12.7. The van der Waals surface area contributed by atoms with Crippen LogP contribution in [0.3, 0.4) is 0 Å². The van der Waals surface area contributed by atoms with Gasteiger partial charge in [0.05, 0.1) is 0 Å². The Bertz CT molecular complexity index is 722. The van der Waals surface area contributed by atoms with Gasteiger partial charge in [0.2, 0.25) is 0 Å². The van der Waals surface area contributed by atoms with Crippen molar-refractivity contribution in [1.82, 2.24) is 20.9 Å². The van der Waals surface area contributed by atoms with E-state index in [9.17, 15) is 4.79 Å². The molecule has 5 nitrogen and oxygen atoms in total. The molecule has 2 aromatic rings. The first kappa shape index (κ1) is 18.9. The number of urea groups is 1. The molecule has 1 aliphatic rings. The highest BCUT2D eigenvalue weighted by Crippen LogP contribution is 2.28. The first-order valence-electron chi connectivity index (χ1n) is 9.05. The number of nitrogens with zero attached hydrogens (tertiary/aromatic N) is 1. The van der Waals surface area contributed by atoms with E-state index in [4.69, 9.17) is 0 Å². The first-order valence-corrected chi connectivity index (χ1v) is 9.93. The molecule has 1 fully saturated rings. The Morgan fingerprint density at radius 3 is 2.42 bits per heavy atom. The maximum absolute atomic E-state index is 12.3. The Kier molecular flexibility index (Phi) is 5.34. The average Bonchev–Trinajstić information content (AvgIpc) is 3.04. The smallest absolute Gasteiger partial charge is 0.315 e. The van der Waals surface area contributed by atoms with Gasteiger partial charge in [0, 0.05) is 40.8 Å². The number of piperidine rings is 1. The lowest BCUT2D eigenvalue weighted by atomic mass is 9.80. The molecule has 0 bridgehead atoms. The number of amides is 2. The van der Waals surface area contributed by atoms with Gasteiger partial charge in [-0.25, -0.2) is 9.78 Å². The van der Waals surface area contributed by atoms with Gasteiger partial charge < -0.3 is 16.0 Å². The van der Waals surface area contributed by atoms with Gasteiger partial charge in [-0.2, -0.15) is 0 Å². The van der Waals surface area contributed by atoms with Crippen LogP contribution in [0, 0.1) is 0 Å². The van der Waals surface area contributed by atoms with Crippen LogP contribution in [0.5, 0.6) is 0 Å². The van der Waals surface area contributed by atoms with E-state index in [0.29, 0.717) is 6.54 Å². The quantitative estimate of drug-likeness (QED) is 0.762. The number of hydrogen-bond donors (Lipinski definition) is 3. The van der Waals surface area contributed by atoms with Crippen LogP contribution in [0.1, 0.15) is 46.1 Å². The Labute approximate surface area is 159 Å². The van der Waals surface area contributed by atoms with Gasteiger partial charge in [0.15, 0.2) is 0 Å². The fourth-order valence-corrected chi connectivity index (χ4v) is 4.62. The molecule has 140 valence electrons. The van der Waals surface area contributed by atoms with Crippen LogP contribution in [0.2, 0.25) is 0 Å². The van der Waals surface area contributed by atoms with Gasteiger partial charge in [-0.15, -0.1) is 11.3 Å². The highest BCUT2D eigenvalue weighted by molar-refractivity contribution is 7.13. The third-order valence-electron chi connectivity index (χ3n) is 4.61. The van der Waals surface area contributed by atoms with E-state index in [1.165, 1.54) is 0 Å². The summed E-state index contributed by atoms with van der Waals surface area (Å²) in [6.45, 7) is 9.26. The van der Waals surface area contributed by atoms with Crippen LogP contribution in [0.15, 0.2) is 35.8 Å². The highest BCUT2D eigenvalue weighted by Gasteiger charge is 2.38. The van der Waals surface area contributed by atoms with Crippen molar-refractivity contribution in [2.75, 3.05) is 0 Å². The summed E-state index contributed by atoms with van der Waals surface area (Å²) < 4.78 is 0. The standard InChI is InChI=1S/C20H28N4OS/c1-19(2)11-16(12-20(3,4)24-19)23-18(25)22-13-14-5-7-15(8-6-14)17-21-9-10-26-17/h5-10,16,24H,11-13H2,1-4H3,(H2,22,23,25).